The number of amides is 1. The van der Waals surface area contributed by atoms with Crippen molar-refractivity contribution in [2.24, 2.45) is 0 Å². The summed E-state index contributed by atoms with van der Waals surface area (Å²) in [6.07, 6.45) is -2.73. The fourth-order valence-corrected chi connectivity index (χ4v) is 3.13. The Hall–Kier alpha value is -2.10. The van der Waals surface area contributed by atoms with E-state index in [1.54, 1.807) is 35.1 Å². The van der Waals surface area contributed by atoms with Gasteiger partial charge in [0.05, 0.1) is 5.69 Å². The molecule has 1 atom stereocenters. The third-order valence-corrected chi connectivity index (χ3v) is 4.63. The highest BCUT2D eigenvalue weighted by molar-refractivity contribution is 5.94. The third kappa shape index (κ3) is 5.24. The number of hydrogen-bond acceptors (Lipinski definition) is 4. The first kappa shape index (κ1) is 22.2. The molecule has 0 saturated carbocycles. The maximum absolute atomic E-state index is 13.4. The predicted molar refractivity (Wildman–Crippen MR) is 102 cm³/mol. The zero-order chi connectivity index (χ0) is 19.4. The number of nitrogens with zero attached hydrogens (tertiary/aromatic N) is 3. The molecule has 2 aromatic rings. The highest BCUT2D eigenvalue weighted by Gasteiger charge is 2.43. The van der Waals surface area contributed by atoms with Gasteiger partial charge in [-0.05, 0) is 37.3 Å². The van der Waals surface area contributed by atoms with Gasteiger partial charge in [-0.3, -0.25) is 9.69 Å². The maximum atomic E-state index is 13.4. The monoisotopic (exact) mass is 417 g/mol. The van der Waals surface area contributed by atoms with Gasteiger partial charge in [0.25, 0.3) is 5.91 Å². The summed E-state index contributed by atoms with van der Waals surface area (Å²) in [5.41, 5.74) is 2.03. The number of benzene rings is 1. The highest BCUT2D eigenvalue weighted by Crippen LogP contribution is 2.25. The molecule has 1 aliphatic rings. The lowest BCUT2D eigenvalue weighted by molar-refractivity contribution is -0.183. The summed E-state index contributed by atoms with van der Waals surface area (Å²) in [6.45, 7) is 3.06. The van der Waals surface area contributed by atoms with E-state index in [1.807, 2.05) is 13.0 Å². The van der Waals surface area contributed by atoms with Crippen LogP contribution in [-0.4, -0.2) is 65.5 Å². The first-order valence-corrected chi connectivity index (χ1v) is 8.77. The zero-order valence-corrected chi connectivity index (χ0v) is 16.2. The minimum Gasteiger partial charge on any atom is -0.350 e. The van der Waals surface area contributed by atoms with E-state index in [-0.39, 0.29) is 12.4 Å². The van der Waals surface area contributed by atoms with E-state index in [1.165, 1.54) is 4.90 Å². The Bertz CT molecular complexity index is 772. The number of alkyl halides is 3. The lowest BCUT2D eigenvalue weighted by Gasteiger charge is -2.35. The average molecular weight is 418 g/mol. The van der Waals surface area contributed by atoms with Gasteiger partial charge in [-0.1, -0.05) is 0 Å². The highest BCUT2D eigenvalue weighted by atomic mass is 35.5. The Balaban J connectivity index is 0.00000280. The van der Waals surface area contributed by atoms with Gasteiger partial charge in [0.1, 0.15) is 6.04 Å². The van der Waals surface area contributed by atoms with Crippen LogP contribution in [0.25, 0.3) is 5.69 Å². The predicted octanol–water partition coefficient (Wildman–Crippen LogP) is 2.17. The van der Waals surface area contributed by atoms with Gasteiger partial charge in [0, 0.05) is 50.2 Å². The quantitative estimate of drug-likeness (QED) is 0.782. The molecule has 1 saturated heterocycles. The third-order valence-electron chi connectivity index (χ3n) is 4.63. The Labute approximate surface area is 167 Å². The average Bonchev–Trinajstić information content (AvgIpc) is 3.07. The largest absolute Gasteiger partial charge is 0.405 e. The topological polar surface area (TPSA) is 62.2 Å². The standard InChI is InChI=1S/C18H22F3N5O.ClH/c1-13-6-7-24-26(13)15-4-2-14(3-5-15)17(27)23-12-16(18(19,20)21)25-10-8-22-9-11-25;/h2-7,16,22H,8-12H2,1H3,(H,23,27);1H. The van der Waals surface area contributed by atoms with Crippen LogP contribution in [0.5, 0.6) is 0 Å². The lowest BCUT2D eigenvalue weighted by Crippen LogP contribution is -2.57. The van der Waals surface area contributed by atoms with Gasteiger partial charge in [0.2, 0.25) is 0 Å². The first-order valence-electron chi connectivity index (χ1n) is 8.77. The smallest absolute Gasteiger partial charge is 0.350 e. The molecule has 3 rings (SSSR count). The molecule has 1 amide bonds. The Morgan fingerprint density at radius 3 is 2.39 bits per heavy atom. The van der Waals surface area contributed by atoms with E-state index in [9.17, 15) is 18.0 Å². The molecule has 154 valence electrons. The second kappa shape index (κ2) is 9.40. The summed E-state index contributed by atoms with van der Waals surface area (Å²) < 4.78 is 41.9. The van der Waals surface area contributed by atoms with Crippen LogP contribution in [0, 0.1) is 6.92 Å². The summed E-state index contributed by atoms with van der Waals surface area (Å²) in [5, 5.41) is 9.63. The molecular weight excluding hydrogens is 395 g/mol. The number of carbonyl (C=O) groups excluding carboxylic acids is 1. The van der Waals surface area contributed by atoms with Crippen molar-refractivity contribution >= 4 is 18.3 Å². The van der Waals surface area contributed by atoms with Crippen LogP contribution in [0.15, 0.2) is 36.5 Å². The first-order chi connectivity index (χ1) is 12.9. The van der Waals surface area contributed by atoms with Crippen molar-refractivity contribution < 1.29 is 18.0 Å². The van der Waals surface area contributed by atoms with Crippen LogP contribution in [0.3, 0.4) is 0 Å². The number of nitrogens with one attached hydrogen (secondary N) is 2. The molecule has 1 aliphatic heterocycles. The zero-order valence-electron chi connectivity index (χ0n) is 15.4. The van der Waals surface area contributed by atoms with Gasteiger partial charge in [-0.25, -0.2) is 4.68 Å². The molecule has 0 aliphatic carbocycles. The lowest BCUT2D eigenvalue weighted by atomic mass is 10.1. The molecule has 10 heteroatoms. The molecule has 1 unspecified atom stereocenters. The molecule has 0 bridgehead atoms. The van der Waals surface area contributed by atoms with Crippen molar-refractivity contribution in [1.29, 1.82) is 0 Å². The normalized spacial score (nSPS) is 16.3. The molecular formula is C18H23ClF3N5O. The van der Waals surface area contributed by atoms with E-state index >= 15 is 0 Å². The number of rotatable bonds is 5. The van der Waals surface area contributed by atoms with Crippen LogP contribution < -0.4 is 10.6 Å². The van der Waals surface area contributed by atoms with Crippen molar-refractivity contribution in [3.63, 3.8) is 0 Å². The minimum absolute atomic E-state index is 0. The Kier molecular flexibility index (Phi) is 7.45. The van der Waals surface area contributed by atoms with E-state index in [2.05, 4.69) is 15.7 Å². The summed E-state index contributed by atoms with van der Waals surface area (Å²) in [5.74, 6) is -0.525. The molecule has 2 N–H and O–H groups in total. The van der Waals surface area contributed by atoms with Gasteiger partial charge in [-0.2, -0.15) is 18.3 Å². The summed E-state index contributed by atoms with van der Waals surface area (Å²) in [4.78, 5) is 13.7. The van der Waals surface area contributed by atoms with Gasteiger partial charge in [-0.15, -0.1) is 12.4 Å². The van der Waals surface area contributed by atoms with E-state index < -0.39 is 24.7 Å². The van der Waals surface area contributed by atoms with Crippen LogP contribution in [0.4, 0.5) is 13.2 Å². The summed E-state index contributed by atoms with van der Waals surface area (Å²) in [7, 11) is 0. The SMILES string of the molecule is Cc1ccnn1-c1ccc(C(=O)NCC(N2CCNCC2)C(F)(F)F)cc1.Cl. The maximum Gasteiger partial charge on any atom is 0.405 e. The van der Waals surface area contributed by atoms with Crippen molar-refractivity contribution in [3.05, 3.63) is 47.8 Å². The molecule has 28 heavy (non-hydrogen) atoms. The number of halogens is 4. The molecule has 1 aromatic carbocycles. The van der Waals surface area contributed by atoms with Gasteiger partial charge >= 0.3 is 6.18 Å². The number of aromatic nitrogens is 2. The molecule has 1 fully saturated rings. The van der Waals surface area contributed by atoms with Gasteiger partial charge in [0.15, 0.2) is 0 Å². The van der Waals surface area contributed by atoms with Crippen LogP contribution in [-0.2, 0) is 0 Å². The number of hydrogen-bond donors (Lipinski definition) is 2. The molecule has 2 heterocycles. The van der Waals surface area contributed by atoms with Gasteiger partial charge < -0.3 is 10.6 Å². The summed E-state index contributed by atoms with van der Waals surface area (Å²) >= 11 is 0. The van der Waals surface area contributed by atoms with Crippen LogP contribution in [0.1, 0.15) is 16.1 Å². The van der Waals surface area contributed by atoms with E-state index in [4.69, 9.17) is 0 Å². The Morgan fingerprint density at radius 2 is 1.86 bits per heavy atom. The molecule has 0 radical (unpaired) electrons. The fourth-order valence-electron chi connectivity index (χ4n) is 3.13. The second-order valence-corrected chi connectivity index (χ2v) is 6.48. The Morgan fingerprint density at radius 1 is 1.21 bits per heavy atom. The van der Waals surface area contributed by atoms with Crippen molar-refractivity contribution in [1.82, 2.24) is 25.3 Å². The van der Waals surface area contributed by atoms with E-state index in [0.717, 1.165) is 11.4 Å². The van der Waals surface area contributed by atoms with Crippen LogP contribution >= 0.6 is 12.4 Å². The van der Waals surface area contributed by atoms with Crippen molar-refractivity contribution in [2.75, 3.05) is 32.7 Å². The molecule has 0 spiro atoms. The molecule has 6 nitrogen and oxygen atoms in total. The summed E-state index contributed by atoms with van der Waals surface area (Å²) in [6, 6.07) is 6.76. The van der Waals surface area contributed by atoms with E-state index in [0.29, 0.717) is 31.7 Å². The van der Waals surface area contributed by atoms with Crippen molar-refractivity contribution in [2.45, 2.75) is 19.1 Å². The van der Waals surface area contributed by atoms with Crippen molar-refractivity contribution in [3.8, 4) is 5.69 Å². The molecule has 1 aromatic heterocycles. The number of piperazine rings is 1. The number of carbonyl (C=O) groups is 1. The fraction of sp³-hybridized carbons (Fsp3) is 0.444. The van der Waals surface area contributed by atoms with Crippen LogP contribution in [0.2, 0.25) is 0 Å². The second-order valence-electron chi connectivity index (χ2n) is 6.48. The minimum atomic E-state index is -4.40. The number of aryl methyl sites for hydroxylation is 1.